The van der Waals surface area contributed by atoms with E-state index in [-0.39, 0.29) is 11.5 Å². The summed E-state index contributed by atoms with van der Waals surface area (Å²) in [6.07, 6.45) is 1.03. The molecule has 0 fully saturated rings. The zero-order chi connectivity index (χ0) is 13.1. The molecule has 3 heteroatoms. The van der Waals surface area contributed by atoms with Gasteiger partial charge in [-0.05, 0) is 53.9 Å². The van der Waals surface area contributed by atoms with Crippen LogP contribution >= 0.6 is 0 Å². The van der Waals surface area contributed by atoms with E-state index in [4.69, 9.17) is 4.74 Å². The fourth-order valence-corrected chi connectivity index (χ4v) is 1.95. The van der Waals surface area contributed by atoms with E-state index in [2.05, 4.69) is 0 Å². The highest BCUT2D eigenvalue weighted by Crippen LogP contribution is 2.28. The average molecular weight is 244 g/mol. The number of methoxy groups -OCH3 is 1. The molecule has 0 saturated carbocycles. The van der Waals surface area contributed by atoms with E-state index in [0.717, 1.165) is 22.1 Å². The lowest BCUT2D eigenvalue weighted by Crippen LogP contribution is -1.94. The molecular weight excluding hydrogens is 228 g/mol. The number of benzene rings is 2. The maximum atomic E-state index is 11.0. The van der Waals surface area contributed by atoms with Crippen molar-refractivity contribution < 1.29 is 14.6 Å². The summed E-state index contributed by atoms with van der Waals surface area (Å²) in [6, 6.07) is 9.35. The van der Waals surface area contributed by atoms with Crippen molar-refractivity contribution in [3.63, 3.8) is 0 Å². The van der Waals surface area contributed by atoms with E-state index < -0.39 is 0 Å². The van der Waals surface area contributed by atoms with Crippen molar-refractivity contribution in [1.82, 2.24) is 0 Å². The molecule has 1 N–H and O–H groups in total. The summed E-state index contributed by atoms with van der Waals surface area (Å²) in [5, 5.41) is 11.9. The minimum absolute atomic E-state index is 0.129. The summed E-state index contributed by atoms with van der Waals surface area (Å²) >= 11 is 0. The zero-order valence-corrected chi connectivity index (χ0v) is 10.6. The Bertz CT molecular complexity index is 588. The summed E-state index contributed by atoms with van der Waals surface area (Å²) in [5.41, 5.74) is 0.808. The minimum Gasteiger partial charge on any atom is -0.508 e. The van der Waals surface area contributed by atoms with Gasteiger partial charge in [0.15, 0.2) is 0 Å². The van der Waals surface area contributed by atoms with Crippen molar-refractivity contribution >= 4 is 16.6 Å². The summed E-state index contributed by atoms with van der Waals surface area (Å²) in [6.45, 7) is 1.56. The molecule has 0 bridgehead atoms. The van der Waals surface area contributed by atoms with Gasteiger partial charge >= 0.3 is 0 Å². The number of carbonyl (C=O) groups is 1. The molecule has 0 saturated heterocycles. The predicted molar refractivity (Wildman–Crippen MR) is 71.2 cm³/mol. The molecule has 0 aliphatic rings. The van der Waals surface area contributed by atoms with Crippen LogP contribution in [0.5, 0.6) is 11.5 Å². The summed E-state index contributed by atoms with van der Waals surface area (Å²) < 4.78 is 5.15. The number of Topliss-reactive ketones (excluding diaryl/α,β-unsaturated/α-hetero) is 1. The Morgan fingerprint density at radius 1 is 1.22 bits per heavy atom. The molecule has 3 nitrogen and oxygen atoms in total. The van der Waals surface area contributed by atoms with Gasteiger partial charge in [0, 0.05) is 6.42 Å². The molecule has 0 aliphatic carbocycles. The van der Waals surface area contributed by atoms with E-state index >= 15 is 0 Å². The standard InChI is InChI=1S/C15H16O3/c1-10(16)3-4-12-7-11-5-6-14(18-2)8-13(11)9-15(12)17/h5-9,17H,3-4H2,1-2H3. The van der Waals surface area contributed by atoms with Gasteiger partial charge in [0.2, 0.25) is 0 Å². The number of hydrogen-bond acceptors (Lipinski definition) is 3. The first-order chi connectivity index (χ1) is 8.60. The van der Waals surface area contributed by atoms with E-state index in [9.17, 15) is 9.90 Å². The number of ether oxygens (including phenoxy) is 1. The van der Waals surface area contributed by atoms with Crippen molar-refractivity contribution in [3.05, 3.63) is 35.9 Å². The summed E-state index contributed by atoms with van der Waals surface area (Å²) in [4.78, 5) is 11.0. The highest BCUT2D eigenvalue weighted by molar-refractivity contribution is 5.86. The number of rotatable bonds is 4. The Labute approximate surface area is 106 Å². The van der Waals surface area contributed by atoms with Crippen molar-refractivity contribution in [2.24, 2.45) is 0 Å². The van der Waals surface area contributed by atoms with Gasteiger partial charge in [0.05, 0.1) is 7.11 Å². The molecule has 2 aromatic rings. The minimum atomic E-state index is 0.129. The van der Waals surface area contributed by atoms with Gasteiger partial charge in [-0.3, -0.25) is 0 Å². The molecule has 0 spiro atoms. The van der Waals surface area contributed by atoms with Crippen LogP contribution in [0.4, 0.5) is 0 Å². The quantitative estimate of drug-likeness (QED) is 0.899. The molecular formula is C15H16O3. The predicted octanol–water partition coefficient (Wildman–Crippen LogP) is 3.08. The van der Waals surface area contributed by atoms with Gasteiger partial charge in [-0.2, -0.15) is 0 Å². The number of fused-ring (bicyclic) bond motifs is 1. The topological polar surface area (TPSA) is 46.5 Å². The molecule has 2 rings (SSSR count). The molecule has 0 amide bonds. The maximum absolute atomic E-state index is 11.0. The van der Waals surface area contributed by atoms with Crippen LogP contribution in [0, 0.1) is 0 Å². The van der Waals surface area contributed by atoms with Crippen LogP contribution in [0.2, 0.25) is 0 Å². The number of hydrogen-bond donors (Lipinski definition) is 1. The van der Waals surface area contributed by atoms with E-state index in [1.807, 2.05) is 24.3 Å². The fraction of sp³-hybridized carbons (Fsp3) is 0.267. The van der Waals surface area contributed by atoms with Gasteiger partial charge in [-0.15, -0.1) is 0 Å². The molecule has 0 aromatic heterocycles. The molecule has 0 atom stereocenters. The van der Waals surface area contributed by atoms with Gasteiger partial charge in [0.1, 0.15) is 17.3 Å². The van der Waals surface area contributed by atoms with Gasteiger partial charge in [-0.25, -0.2) is 0 Å². The van der Waals surface area contributed by atoms with Crippen LogP contribution in [0.3, 0.4) is 0 Å². The third-order valence-corrected chi connectivity index (χ3v) is 2.99. The smallest absolute Gasteiger partial charge is 0.130 e. The SMILES string of the molecule is COc1ccc2cc(CCC(C)=O)c(O)cc2c1. The Balaban J connectivity index is 2.39. The molecule has 0 aliphatic heterocycles. The first-order valence-electron chi connectivity index (χ1n) is 5.89. The molecule has 2 aromatic carbocycles. The van der Waals surface area contributed by atoms with E-state index in [1.165, 1.54) is 0 Å². The lowest BCUT2D eigenvalue weighted by Gasteiger charge is -2.07. The fourth-order valence-electron chi connectivity index (χ4n) is 1.95. The second-order valence-electron chi connectivity index (χ2n) is 4.40. The number of aryl methyl sites for hydroxylation is 1. The molecule has 18 heavy (non-hydrogen) atoms. The summed E-state index contributed by atoms with van der Waals surface area (Å²) in [7, 11) is 1.61. The van der Waals surface area contributed by atoms with E-state index in [0.29, 0.717) is 12.8 Å². The molecule has 94 valence electrons. The van der Waals surface area contributed by atoms with Crippen molar-refractivity contribution in [2.75, 3.05) is 7.11 Å². The van der Waals surface area contributed by atoms with Crippen molar-refractivity contribution in [2.45, 2.75) is 19.8 Å². The number of ketones is 1. The highest BCUT2D eigenvalue weighted by Gasteiger charge is 2.06. The average Bonchev–Trinajstić information content (AvgIpc) is 2.35. The van der Waals surface area contributed by atoms with Crippen LogP contribution < -0.4 is 4.74 Å². The third-order valence-electron chi connectivity index (χ3n) is 2.99. The first kappa shape index (κ1) is 12.4. The monoisotopic (exact) mass is 244 g/mol. The van der Waals surface area contributed by atoms with Crippen molar-refractivity contribution in [1.29, 1.82) is 0 Å². The number of aromatic hydroxyl groups is 1. The largest absolute Gasteiger partial charge is 0.508 e. The maximum Gasteiger partial charge on any atom is 0.130 e. The van der Waals surface area contributed by atoms with Crippen molar-refractivity contribution in [3.8, 4) is 11.5 Å². The molecule has 0 unspecified atom stereocenters. The van der Waals surface area contributed by atoms with Crippen LogP contribution in [0.15, 0.2) is 30.3 Å². The molecule has 0 radical (unpaired) electrons. The Morgan fingerprint density at radius 3 is 2.67 bits per heavy atom. The third kappa shape index (κ3) is 2.62. The number of carbonyl (C=O) groups excluding carboxylic acids is 1. The zero-order valence-electron chi connectivity index (χ0n) is 10.6. The highest BCUT2D eigenvalue weighted by atomic mass is 16.5. The van der Waals surface area contributed by atoms with Crippen LogP contribution in [0.25, 0.3) is 10.8 Å². The van der Waals surface area contributed by atoms with Gasteiger partial charge < -0.3 is 14.6 Å². The normalized spacial score (nSPS) is 10.6. The second-order valence-corrected chi connectivity index (χ2v) is 4.40. The Morgan fingerprint density at radius 2 is 2.00 bits per heavy atom. The molecule has 0 heterocycles. The van der Waals surface area contributed by atoms with Crippen LogP contribution in [0.1, 0.15) is 18.9 Å². The number of phenols is 1. The Kier molecular flexibility index (Phi) is 3.51. The number of phenolic OH excluding ortho intramolecular Hbond substituents is 1. The summed E-state index contributed by atoms with van der Waals surface area (Å²) in [5.74, 6) is 1.12. The first-order valence-corrected chi connectivity index (χ1v) is 5.89. The van der Waals surface area contributed by atoms with Crippen LogP contribution in [-0.4, -0.2) is 18.0 Å². The lowest BCUT2D eigenvalue weighted by molar-refractivity contribution is -0.116. The van der Waals surface area contributed by atoms with Gasteiger partial charge in [0.25, 0.3) is 0 Å². The van der Waals surface area contributed by atoms with Crippen LogP contribution in [-0.2, 0) is 11.2 Å². The lowest BCUT2D eigenvalue weighted by atomic mass is 10.0. The van der Waals surface area contributed by atoms with E-state index in [1.54, 1.807) is 20.1 Å². The van der Waals surface area contributed by atoms with Gasteiger partial charge in [-0.1, -0.05) is 6.07 Å². The Hall–Kier alpha value is -2.03. The second kappa shape index (κ2) is 5.08.